The minimum atomic E-state index is 0.962. The van der Waals surface area contributed by atoms with Gasteiger partial charge in [-0.3, -0.25) is 0 Å². The van der Waals surface area contributed by atoms with Crippen molar-refractivity contribution in [2.75, 3.05) is 19.0 Å². The first-order valence-electron chi connectivity index (χ1n) is 6.39. The molecular weight excluding hydrogens is 266 g/mol. The highest BCUT2D eigenvalue weighted by atomic mass is 32.1. The molecule has 2 heterocycles. The topological polar surface area (TPSA) is 29.0 Å². The molecule has 100 valence electrons. The highest BCUT2D eigenvalue weighted by molar-refractivity contribution is 7.16. The first-order valence-corrected chi connectivity index (χ1v) is 7.21. The van der Waals surface area contributed by atoms with Crippen molar-refractivity contribution < 1.29 is 0 Å². The van der Waals surface area contributed by atoms with Crippen LogP contribution in [0.2, 0.25) is 0 Å². The third-order valence-electron chi connectivity index (χ3n) is 2.93. The fourth-order valence-electron chi connectivity index (χ4n) is 1.90. The molecule has 1 aromatic carbocycles. The molecule has 0 spiro atoms. The Labute approximate surface area is 122 Å². The summed E-state index contributed by atoms with van der Waals surface area (Å²) in [6, 6.07) is 12.3. The van der Waals surface area contributed by atoms with Crippen LogP contribution in [0.25, 0.3) is 23.1 Å². The van der Waals surface area contributed by atoms with Gasteiger partial charge in [0, 0.05) is 30.6 Å². The monoisotopic (exact) mass is 281 g/mol. The summed E-state index contributed by atoms with van der Waals surface area (Å²) in [4.78, 5) is 12.1. The van der Waals surface area contributed by atoms with Gasteiger partial charge in [0.25, 0.3) is 0 Å². The maximum absolute atomic E-state index is 4.62. The van der Waals surface area contributed by atoms with Gasteiger partial charge in [-0.25, -0.2) is 9.97 Å². The molecule has 0 atom stereocenters. The number of pyridine rings is 1. The first kappa shape index (κ1) is 12.8. The molecule has 0 bridgehead atoms. The summed E-state index contributed by atoms with van der Waals surface area (Å²) in [6.07, 6.45) is 5.97. The van der Waals surface area contributed by atoms with E-state index in [1.54, 1.807) is 11.3 Å². The van der Waals surface area contributed by atoms with E-state index in [9.17, 15) is 0 Å². The minimum absolute atomic E-state index is 0.962. The molecule has 20 heavy (non-hydrogen) atoms. The lowest BCUT2D eigenvalue weighted by Gasteiger charge is -2.04. The number of thiazole rings is 1. The zero-order valence-corrected chi connectivity index (χ0v) is 12.3. The molecule has 0 aliphatic rings. The van der Waals surface area contributed by atoms with Crippen LogP contribution in [0, 0.1) is 0 Å². The van der Waals surface area contributed by atoms with E-state index in [1.807, 2.05) is 55.5 Å². The molecule has 0 N–H and O–H groups in total. The molecule has 2 aromatic heterocycles. The van der Waals surface area contributed by atoms with E-state index in [1.165, 1.54) is 0 Å². The normalized spacial score (nSPS) is 11.3. The molecule has 3 aromatic rings. The second-order valence-corrected chi connectivity index (χ2v) is 5.74. The fraction of sp³-hybridized carbons (Fsp3) is 0.125. The number of benzene rings is 1. The van der Waals surface area contributed by atoms with Crippen LogP contribution in [-0.4, -0.2) is 24.1 Å². The summed E-state index contributed by atoms with van der Waals surface area (Å²) in [7, 11) is 3.99. The van der Waals surface area contributed by atoms with Gasteiger partial charge in [0.1, 0.15) is 0 Å². The standard InChI is InChI=1S/C16H15N3S/c1-19(2)16-17-11-14(20-16)10-9-13-8-7-12-5-3-4-6-15(12)18-13/h3-11H,1-2H3. The van der Waals surface area contributed by atoms with Crippen LogP contribution in [0.1, 0.15) is 10.6 Å². The van der Waals surface area contributed by atoms with E-state index < -0.39 is 0 Å². The van der Waals surface area contributed by atoms with Crippen LogP contribution in [-0.2, 0) is 0 Å². The molecule has 0 fully saturated rings. The van der Waals surface area contributed by atoms with Crippen molar-refractivity contribution in [1.82, 2.24) is 9.97 Å². The summed E-state index contributed by atoms with van der Waals surface area (Å²) in [5.74, 6) is 0. The van der Waals surface area contributed by atoms with Crippen molar-refractivity contribution in [1.29, 1.82) is 0 Å². The van der Waals surface area contributed by atoms with Crippen molar-refractivity contribution in [3.05, 3.63) is 53.2 Å². The van der Waals surface area contributed by atoms with Gasteiger partial charge in [0.15, 0.2) is 5.13 Å². The Hall–Kier alpha value is -2.20. The van der Waals surface area contributed by atoms with Gasteiger partial charge in [0.2, 0.25) is 0 Å². The predicted octanol–water partition coefficient (Wildman–Crippen LogP) is 3.93. The maximum Gasteiger partial charge on any atom is 0.185 e. The Kier molecular flexibility index (Phi) is 3.48. The Morgan fingerprint density at radius 3 is 2.70 bits per heavy atom. The van der Waals surface area contributed by atoms with E-state index in [4.69, 9.17) is 0 Å². The average Bonchev–Trinajstić information content (AvgIpc) is 2.94. The van der Waals surface area contributed by atoms with Gasteiger partial charge in [-0.1, -0.05) is 35.6 Å². The van der Waals surface area contributed by atoms with E-state index in [2.05, 4.69) is 28.2 Å². The van der Waals surface area contributed by atoms with Crippen LogP contribution in [0.3, 0.4) is 0 Å². The molecule has 4 heteroatoms. The Morgan fingerprint density at radius 1 is 1.05 bits per heavy atom. The molecule has 0 saturated carbocycles. The Balaban J connectivity index is 1.86. The SMILES string of the molecule is CN(C)c1ncc(C=Cc2ccc3ccccc3n2)s1. The van der Waals surface area contributed by atoms with Crippen LogP contribution in [0.5, 0.6) is 0 Å². The maximum atomic E-state index is 4.62. The third-order valence-corrected chi connectivity index (χ3v) is 4.06. The zero-order chi connectivity index (χ0) is 13.9. The van der Waals surface area contributed by atoms with E-state index in [0.29, 0.717) is 0 Å². The van der Waals surface area contributed by atoms with Gasteiger partial charge in [-0.2, -0.15) is 0 Å². The van der Waals surface area contributed by atoms with Gasteiger partial charge in [0.05, 0.1) is 11.2 Å². The molecule has 0 radical (unpaired) electrons. The summed E-state index contributed by atoms with van der Waals surface area (Å²) in [5, 5.41) is 2.17. The largest absolute Gasteiger partial charge is 0.354 e. The van der Waals surface area contributed by atoms with E-state index in [-0.39, 0.29) is 0 Å². The van der Waals surface area contributed by atoms with Gasteiger partial charge in [-0.15, -0.1) is 0 Å². The Morgan fingerprint density at radius 2 is 1.90 bits per heavy atom. The number of hydrogen-bond donors (Lipinski definition) is 0. The number of fused-ring (bicyclic) bond motifs is 1. The summed E-state index contributed by atoms with van der Waals surface area (Å²) in [5.41, 5.74) is 1.98. The number of hydrogen-bond acceptors (Lipinski definition) is 4. The molecule has 3 rings (SSSR count). The van der Waals surface area contributed by atoms with Crippen molar-refractivity contribution in [2.45, 2.75) is 0 Å². The van der Waals surface area contributed by atoms with Gasteiger partial charge in [-0.05, 0) is 24.3 Å². The molecule has 0 unspecified atom stereocenters. The highest BCUT2D eigenvalue weighted by Crippen LogP contribution is 2.22. The number of nitrogens with zero attached hydrogens (tertiary/aromatic N) is 3. The van der Waals surface area contributed by atoms with E-state index >= 15 is 0 Å². The van der Waals surface area contributed by atoms with Crippen LogP contribution in [0.4, 0.5) is 5.13 Å². The summed E-state index contributed by atoms with van der Waals surface area (Å²) >= 11 is 1.66. The van der Waals surface area contributed by atoms with Crippen molar-refractivity contribution >= 4 is 39.5 Å². The van der Waals surface area contributed by atoms with Crippen molar-refractivity contribution in [3.63, 3.8) is 0 Å². The van der Waals surface area contributed by atoms with E-state index in [0.717, 1.165) is 26.6 Å². The zero-order valence-electron chi connectivity index (χ0n) is 11.4. The second kappa shape index (κ2) is 5.43. The third kappa shape index (κ3) is 2.70. The van der Waals surface area contributed by atoms with Crippen LogP contribution >= 0.6 is 11.3 Å². The van der Waals surface area contributed by atoms with Gasteiger partial charge >= 0.3 is 0 Å². The number of para-hydroxylation sites is 1. The minimum Gasteiger partial charge on any atom is -0.354 e. The fourth-order valence-corrected chi connectivity index (χ4v) is 2.64. The molecule has 0 aliphatic heterocycles. The van der Waals surface area contributed by atoms with Gasteiger partial charge < -0.3 is 4.90 Å². The smallest absolute Gasteiger partial charge is 0.185 e. The predicted molar refractivity (Wildman–Crippen MR) is 87.1 cm³/mol. The second-order valence-electron chi connectivity index (χ2n) is 4.70. The molecule has 0 aliphatic carbocycles. The number of aromatic nitrogens is 2. The highest BCUT2D eigenvalue weighted by Gasteiger charge is 2.01. The lowest BCUT2D eigenvalue weighted by molar-refractivity contribution is 1.10. The first-order chi connectivity index (χ1) is 9.72. The molecule has 0 saturated heterocycles. The van der Waals surface area contributed by atoms with Crippen LogP contribution < -0.4 is 4.90 Å². The number of rotatable bonds is 3. The lowest BCUT2D eigenvalue weighted by Crippen LogP contribution is -2.07. The molecular formula is C16H15N3S. The average molecular weight is 281 g/mol. The lowest BCUT2D eigenvalue weighted by atomic mass is 10.2. The van der Waals surface area contributed by atoms with Crippen LogP contribution in [0.15, 0.2) is 42.6 Å². The Bertz CT molecular complexity index is 759. The summed E-state index contributed by atoms with van der Waals surface area (Å²) < 4.78 is 0. The number of anilines is 1. The molecule has 3 nitrogen and oxygen atoms in total. The molecule has 0 amide bonds. The summed E-state index contributed by atoms with van der Waals surface area (Å²) in [6.45, 7) is 0. The van der Waals surface area contributed by atoms with Crippen molar-refractivity contribution in [3.8, 4) is 0 Å². The van der Waals surface area contributed by atoms with Crippen molar-refractivity contribution in [2.24, 2.45) is 0 Å². The quantitative estimate of drug-likeness (QED) is 0.728.